The van der Waals surface area contributed by atoms with Crippen molar-refractivity contribution >= 4 is 17.8 Å². The molecule has 2 aliphatic heterocycles. The number of likely N-dealkylation sites (tertiary alicyclic amines) is 1. The van der Waals surface area contributed by atoms with Crippen molar-refractivity contribution < 1.29 is 33.6 Å². The van der Waals surface area contributed by atoms with Crippen LogP contribution in [0.5, 0.6) is 23.0 Å². The first-order valence-corrected chi connectivity index (χ1v) is 10.4. The van der Waals surface area contributed by atoms with E-state index >= 15 is 0 Å². The Morgan fingerprint density at radius 1 is 1.19 bits per heavy atom. The average Bonchev–Trinajstić information content (AvgIpc) is 3.41. The molecule has 0 spiro atoms. The molecule has 168 valence electrons. The lowest BCUT2D eigenvalue weighted by molar-refractivity contribution is -0.134. The van der Waals surface area contributed by atoms with Gasteiger partial charge in [-0.15, -0.1) is 0 Å². The van der Waals surface area contributed by atoms with Crippen molar-refractivity contribution in [2.45, 2.75) is 18.9 Å². The quantitative estimate of drug-likeness (QED) is 0.663. The first-order valence-electron chi connectivity index (χ1n) is 10.4. The zero-order chi connectivity index (χ0) is 22.7. The molecule has 1 unspecified atom stereocenters. The highest BCUT2D eigenvalue weighted by Crippen LogP contribution is 2.36. The van der Waals surface area contributed by atoms with Crippen LogP contribution in [0.2, 0.25) is 0 Å². The number of rotatable bonds is 7. The van der Waals surface area contributed by atoms with Crippen LogP contribution < -0.4 is 18.9 Å². The first-order chi connectivity index (χ1) is 15.5. The third kappa shape index (κ3) is 4.27. The summed E-state index contributed by atoms with van der Waals surface area (Å²) in [6, 6.07) is 10.0. The van der Waals surface area contributed by atoms with E-state index in [1.54, 1.807) is 61.6 Å². The maximum atomic E-state index is 12.7. The molecule has 0 aliphatic carbocycles. The molecule has 2 aromatic rings. The number of nitrogens with zero attached hydrogens (tertiary/aromatic N) is 1. The van der Waals surface area contributed by atoms with Crippen molar-refractivity contribution in [3.8, 4) is 23.0 Å². The van der Waals surface area contributed by atoms with Gasteiger partial charge in [0.25, 0.3) is 5.91 Å². The summed E-state index contributed by atoms with van der Waals surface area (Å²) >= 11 is 0. The van der Waals surface area contributed by atoms with E-state index in [2.05, 4.69) is 0 Å². The Kier molecular flexibility index (Phi) is 6.32. The van der Waals surface area contributed by atoms with Crippen LogP contribution in [0.4, 0.5) is 0 Å². The lowest BCUT2D eigenvalue weighted by atomic mass is 10.1. The van der Waals surface area contributed by atoms with Gasteiger partial charge in [0, 0.05) is 12.6 Å². The number of Topliss-reactive ketones (excluding diaryl/α,β-unsaturated/α-hetero) is 1. The van der Waals surface area contributed by atoms with Crippen LogP contribution in [0, 0.1) is 0 Å². The van der Waals surface area contributed by atoms with Gasteiger partial charge in [-0.3, -0.25) is 9.59 Å². The molecule has 0 radical (unpaired) electrons. The molecule has 2 heterocycles. The lowest BCUT2D eigenvalue weighted by Gasteiger charge is -2.22. The fraction of sp³-hybridized carbons (Fsp3) is 0.333. The number of amides is 1. The largest absolute Gasteiger partial charge is 0.493 e. The molecule has 1 amide bonds. The molecule has 8 heteroatoms. The molecule has 8 nitrogen and oxygen atoms in total. The molecular formula is C24H25NO7. The van der Waals surface area contributed by atoms with Gasteiger partial charge in [0.05, 0.1) is 32.4 Å². The fourth-order valence-electron chi connectivity index (χ4n) is 3.93. The number of ketones is 1. The Bertz CT molecular complexity index is 1060. The molecule has 0 saturated carbocycles. The third-order valence-corrected chi connectivity index (χ3v) is 5.62. The third-order valence-electron chi connectivity index (χ3n) is 5.62. The highest BCUT2D eigenvalue weighted by atomic mass is 16.5. The van der Waals surface area contributed by atoms with E-state index in [1.807, 2.05) is 0 Å². The van der Waals surface area contributed by atoms with E-state index in [4.69, 9.17) is 18.9 Å². The summed E-state index contributed by atoms with van der Waals surface area (Å²) in [5.74, 6) is 1.72. The van der Waals surface area contributed by atoms with E-state index in [-0.39, 0.29) is 36.7 Å². The highest BCUT2D eigenvalue weighted by molar-refractivity contribution is 6.14. The minimum Gasteiger partial charge on any atom is -0.493 e. The van der Waals surface area contributed by atoms with Crippen LogP contribution >= 0.6 is 0 Å². The van der Waals surface area contributed by atoms with Crippen molar-refractivity contribution in [2.24, 2.45) is 0 Å². The summed E-state index contributed by atoms with van der Waals surface area (Å²) in [4.78, 5) is 26.8. The molecule has 1 N–H and O–H groups in total. The van der Waals surface area contributed by atoms with Crippen molar-refractivity contribution in [1.29, 1.82) is 0 Å². The van der Waals surface area contributed by atoms with Crippen LogP contribution in [0.1, 0.15) is 28.8 Å². The van der Waals surface area contributed by atoms with Crippen LogP contribution in [-0.4, -0.2) is 61.7 Å². The Morgan fingerprint density at radius 2 is 2.00 bits per heavy atom. The number of allylic oxidation sites excluding steroid dienone is 1. The molecule has 2 aliphatic rings. The molecule has 32 heavy (non-hydrogen) atoms. The predicted molar refractivity (Wildman–Crippen MR) is 116 cm³/mol. The maximum absolute atomic E-state index is 12.7. The number of aliphatic hydroxyl groups excluding tert-OH is 1. The molecule has 0 aromatic heterocycles. The van der Waals surface area contributed by atoms with E-state index in [0.717, 1.165) is 18.4 Å². The van der Waals surface area contributed by atoms with Crippen LogP contribution in [-0.2, 0) is 4.79 Å². The van der Waals surface area contributed by atoms with Crippen molar-refractivity contribution in [1.82, 2.24) is 4.90 Å². The number of aliphatic hydroxyl groups is 1. The molecule has 1 atom stereocenters. The number of methoxy groups -OCH3 is 2. The summed E-state index contributed by atoms with van der Waals surface area (Å²) in [6.45, 7) is 0.437. The molecule has 1 saturated heterocycles. The molecular weight excluding hydrogens is 414 g/mol. The maximum Gasteiger partial charge on any atom is 0.260 e. The zero-order valence-electron chi connectivity index (χ0n) is 18.0. The highest BCUT2D eigenvalue weighted by Gasteiger charge is 2.30. The number of hydrogen-bond acceptors (Lipinski definition) is 7. The molecule has 1 fully saturated rings. The standard InChI is InChI=1S/C24H25NO7/c1-29-19-8-5-15(10-21(19)30-2)11-22-24(28)18-7-6-17(12-20(18)32-22)31-14-23(27)25-9-3-4-16(25)13-26/h5-8,10-12,16,26H,3-4,9,13-14H2,1-2H3. The van der Waals surface area contributed by atoms with Gasteiger partial charge in [-0.2, -0.15) is 0 Å². The van der Waals surface area contributed by atoms with Gasteiger partial charge in [0.1, 0.15) is 11.5 Å². The SMILES string of the molecule is COc1ccc(C=C2Oc3cc(OCC(=O)N4CCCC4CO)ccc3C2=O)cc1OC. The molecule has 0 bridgehead atoms. The van der Waals surface area contributed by atoms with Gasteiger partial charge in [-0.1, -0.05) is 6.07 Å². The summed E-state index contributed by atoms with van der Waals surface area (Å²) in [5, 5.41) is 9.39. The normalized spacial score (nSPS) is 18.5. The van der Waals surface area contributed by atoms with Crippen molar-refractivity contribution in [2.75, 3.05) is 34.0 Å². The van der Waals surface area contributed by atoms with Crippen molar-refractivity contribution in [3.05, 3.63) is 53.3 Å². The summed E-state index contributed by atoms with van der Waals surface area (Å²) in [6.07, 6.45) is 3.31. The summed E-state index contributed by atoms with van der Waals surface area (Å²) in [7, 11) is 3.10. The second-order valence-corrected chi connectivity index (χ2v) is 7.57. The van der Waals surface area contributed by atoms with Gasteiger partial charge in [-0.05, 0) is 48.7 Å². The van der Waals surface area contributed by atoms with E-state index in [9.17, 15) is 14.7 Å². The van der Waals surface area contributed by atoms with Crippen LogP contribution in [0.15, 0.2) is 42.2 Å². The minimum absolute atomic E-state index is 0.0459. The number of fused-ring (bicyclic) bond motifs is 1. The van der Waals surface area contributed by atoms with Crippen molar-refractivity contribution in [3.63, 3.8) is 0 Å². The van der Waals surface area contributed by atoms with E-state index in [1.165, 1.54) is 0 Å². The number of hydrogen-bond donors (Lipinski definition) is 1. The zero-order valence-corrected chi connectivity index (χ0v) is 18.0. The molecule has 2 aromatic carbocycles. The van der Waals surface area contributed by atoms with Gasteiger partial charge < -0.3 is 29.0 Å². The summed E-state index contributed by atoms with van der Waals surface area (Å²) < 4.78 is 21.9. The van der Waals surface area contributed by atoms with E-state index < -0.39 is 0 Å². The smallest absolute Gasteiger partial charge is 0.260 e. The Hall–Kier alpha value is -3.52. The van der Waals surface area contributed by atoms with Gasteiger partial charge in [0.2, 0.25) is 5.78 Å². The van der Waals surface area contributed by atoms with Gasteiger partial charge in [-0.25, -0.2) is 0 Å². The van der Waals surface area contributed by atoms with Gasteiger partial charge >= 0.3 is 0 Å². The average molecular weight is 439 g/mol. The monoisotopic (exact) mass is 439 g/mol. The Balaban J connectivity index is 1.45. The number of benzene rings is 2. The summed E-state index contributed by atoms with van der Waals surface area (Å²) in [5.41, 5.74) is 1.15. The van der Waals surface area contributed by atoms with E-state index in [0.29, 0.717) is 35.1 Å². The number of carbonyl (C=O) groups is 2. The van der Waals surface area contributed by atoms with Crippen LogP contribution in [0.3, 0.4) is 0 Å². The lowest BCUT2D eigenvalue weighted by Crippen LogP contribution is -2.40. The topological polar surface area (TPSA) is 94.5 Å². The second-order valence-electron chi connectivity index (χ2n) is 7.57. The second kappa shape index (κ2) is 9.32. The minimum atomic E-state index is -0.236. The fourth-order valence-corrected chi connectivity index (χ4v) is 3.93. The molecule has 4 rings (SSSR count). The first kappa shape index (κ1) is 21.7. The number of carbonyl (C=O) groups excluding carboxylic acids is 2. The van der Waals surface area contributed by atoms with Gasteiger partial charge in [0.15, 0.2) is 23.9 Å². The Labute approximate surface area is 185 Å². The van der Waals surface area contributed by atoms with Crippen LogP contribution in [0.25, 0.3) is 6.08 Å². The predicted octanol–water partition coefficient (Wildman–Crippen LogP) is 2.68. The number of ether oxygens (including phenoxy) is 4. The Morgan fingerprint density at radius 3 is 2.75 bits per heavy atom.